The summed E-state index contributed by atoms with van der Waals surface area (Å²) >= 11 is 0. The molecule has 0 aliphatic carbocycles. The van der Waals surface area contributed by atoms with Crippen LogP contribution in [0.1, 0.15) is 11.1 Å². The monoisotopic (exact) mass is 344 g/mol. The van der Waals surface area contributed by atoms with Gasteiger partial charge >= 0.3 is 7.12 Å². The van der Waals surface area contributed by atoms with Crippen molar-refractivity contribution in [1.82, 2.24) is 0 Å². The molecule has 0 bridgehead atoms. The Kier molecular flexibility index (Phi) is 3.53. The Bertz CT molecular complexity index is 1280. The van der Waals surface area contributed by atoms with Gasteiger partial charge in [-0.25, -0.2) is 0 Å². The molecule has 0 radical (unpaired) electrons. The van der Waals surface area contributed by atoms with Crippen molar-refractivity contribution in [2.24, 2.45) is 0 Å². The molecule has 0 N–H and O–H groups in total. The third kappa shape index (κ3) is 2.67. The van der Waals surface area contributed by atoms with E-state index < -0.39 is 7.12 Å². The Morgan fingerprint density at radius 3 is 2.00 bits per heavy atom. The molecular weight excluding hydrogens is 331 g/mol. The third-order valence-corrected chi connectivity index (χ3v) is 4.68. The zero-order valence-corrected chi connectivity index (χ0v) is 14.4. The fourth-order valence-corrected chi connectivity index (χ4v) is 3.38. The van der Waals surface area contributed by atoms with Crippen LogP contribution in [0.4, 0.5) is 0 Å². The van der Waals surface area contributed by atoms with Gasteiger partial charge in [0, 0.05) is 11.1 Å². The maximum atomic E-state index is 5.73. The summed E-state index contributed by atoms with van der Waals surface area (Å²) in [6.45, 7) is 0. The molecule has 2 nitrogen and oxygen atoms in total. The predicted octanol–water partition coefficient (Wildman–Crippen LogP) is 4.82. The topological polar surface area (TPSA) is 18.5 Å². The van der Waals surface area contributed by atoms with Crippen LogP contribution in [0.2, 0.25) is 0 Å². The second-order valence-corrected chi connectivity index (χ2v) is 6.33. The molecule has 0 amide bonds. The summed E-state index contributed by atoms with van der Waals surface area (Å²) in [5.41, 5.74) is 1.81. The summed E-state index contributed by atoms with van der Waals surface area (Å²) in [7, 11) is -0.598. The molecule has 5 rings (SSSR count). The maximum Gasteiger partial charge on any atom is 0.690 e. The van der Waals surface area contributed by atoms with Crippen molar-refractivity contribution >= 4 is 28.7 Å². The van der Waals surface area contributed by atoms with Crippen molar-refractivity contribution in [3.05, 3.63) is 83.9 Å². The Morgan fingerprint density at radius 1 is 0.704 bits per heavy atom. The van der Waals surface area contributed by atoms with E-state index in [1.54, 1.807) is 0 Å². The first-order chi connectivity index (χ1) is 13.3. The van der Waals surface area contributed by atoms with Crippen LogP contribution in [0.15, 0.2) is 72.8 Å². The van der Waals surface area contributed by atoms with E-state index in [9.17, 15) is 0 Å². The summed E-state index contributed by atoms with van der Waals surface area (Å²) in [5, 5.41) is 4.37. The molecule has 3 heteroatoms. The minimum atomic E-state index is -0.598. The van der Waals surface area contributed by atoms with Crippen LogP contribution >= 0.6 is 0 Å². The van der Waals surface area contributed by atoms with Crippen molar-refractivity contribution < 1.29 is 9.31 Å². The van der Waals surface area contributed by atoms with Crippen LogP contribution in [-0.4, -0.2) is 7.12 Å². The van der Waals surface area contributed by atoms with Gasteiger partial charge < -0.3 is 9.31 Å². The van der Waals surface area contributed by atoms with E-state index in [1.165, 1.54) is 0 Å². The minimum absolute atomic E-state index is 0.598. The Hall–Kier alpha value is -3.82. The van der Waals surface area contributed by atoms with Crippen molar-refractivity contribution in [2.45, 2.75) is 0 Å². The smallest absolute Gasteiger partial charge is 0.512 e. The van der Waals surface area contributed by atoms with Gasteiger partial charge in [0.2, 0.25) is 0 Å². The molecule has 0 atom stereocenters. The zero-order chi connectivity index (χ0) is 18.2. The van der Waals surface area contributed by atoms with Crippen molar-refractivity contribution in [2.75, 3.05) is 0 Å². The van der Waals surface area contributed by atoms with E-state index in [2.05, 4.69) is 41.9 Å². The van der Waals surface area contributed by atoms with Gasteiger partial charge in [0.25, 0.3) is 0 Å². The van der Waals surface area contributed by atoms with E-state index in [0.29, 0.717) is 0 Å². The second kappa shape index (κ2) is 6.17. The highest BCUT2D eigenvalue weighted by atomic mass is 16.6. The molecule has 1 aliphatic rings. The third-order valence-electron chi connectivity index (χ3n) is 4.68. The fraction of sp³-hybridized carbons (Fsp3) is 0. The largest absolute Gasteiger partial charge is 0.690 e. The fourth-order valence-electron chi connectivity index (χ4n) is 3.38. The second-order valence-electron chi connectivity index (χ2n) is 6.33. The quantitative estimate of drug-likeness (QED) is 0.259. The van der Waals surface area contributed by atoms with Gasteiger partial charge in [0.1, 0.15) is 11.5 Å². The van der Waals surface area contributed by atoms with E-state index >= 15 is 0 Å². The Balaban J connectivity index is 1.59. The van der Waals surface area contributed by atoms with Crippen LogP contribution in [-0.2, 0) is 0 Å². The molecule has 1 aliphatic heterocycles. The zero-order valence-electron chi connectivity index (χ0n) is 14.4. The number of hydrogen-bond donors (Lipinski definition) is 0. The lowest BCUT2D eigenvalue weighted by atomic mass is 9.91. The molecule has 0 fully saturated rings. The first-order valence-electron chi connectivity index (χ1n) is 8.68. The lowest BCUT2D eigenvalue weighted by Gasteiger charge is -2.06. The highest BCUT2D eigenvalue weighted by molar-refractivity contribution is 6.57. The van der Waals surface area contributed by atoms with Crippen molar-refractivity contribution in [3.8, 4) is 35.6 Å². The SMILES string of the molecule is C#Cc1cccc2cc3cccc(C#CB4Oc5ccccc5O4)c3cc12. The summed E-state index contributed by atoms with van der Waals surface area (Å²) < 4.78 is 11.5. The standard InChI is InChI=1S/C24H13BO2/c1-2-17-7-5-9-19-15-20-10-6-8-18(22(20)16-21(17)19)13-14-25-26-23-11-3-4-12-24(23)27-25/h1,3-12,15-16H. The molecule has 0 saturated heterocycles. The van der Waals surface area contributed by atoms with Crippen molar-refractivity contribution in [1.29, 1.82) is 0 Å². The van der Waals surface area contributed by atoms with Crippen LogP contribution in [0, 0.1) is 24.1 Å². The minimum Gasteiger partial charge on any atom is -0.512 e. The van der Waals surface area contributed by atoms with Crippen LogP contribution < -0.4 is 9.31 Å². The van der Waals surface area contributed by atoms with E-state index in [-0.39, 0.29) is 0 Å². The molecule has 0 spiro atoms. The molecule has 4 aromatic carbocycles. The molecule has 0 saturated carbocycles. The van der Waals surface area contributed by atoms with E-state index in [0.717, 1.165) is 44.2 Å². The van der Waals surface area contributed by atoms with Gasteiger partial charge in [-0.3, -0.25) is 0 Å². The molecule has 0 aromatic heterocycles. The molecule has 1 heterocycles. The van der Waals surface area contributed by atoms with Gasteiger partial charge in [0.15, 0.2) is 0 Å². The summed E-state index contributed by atoms with van der Waals surface area (Å²) in [6, 6.07) is 24.0. The summed E-state index contributed by atoms with van der Waals surface area (Å²) in [6.07, 6.45) is 5.67. The highest BCUT2D eigenvalue weighted by Crippen LogP contribution is 2.32. The van der Waals surface area contributed by atoms with E-state index in [4.69, 9.17) is 15.7 Å². The lowest BCUT2D eigenvalue weighted by molar-refractivity contribution is 0.520. The van der Waals surface area contributed by atoms with Gasteiger partial charge in [-0.05, 0) is 63.8 Å². The molecule has 27 heavy (non-hydrogen) atoms. The van der Waals surface area contributed by atoms with Gasteiger partial charge in [-0.1, -0.05) is 48.2 Å². The maximum absolute atomic E-state index is 5.73. The number of rotatable bonds is 0. The van der Waals surface area contributed by atoms with Crippen LogP contribution in [0.3, 0.4) is 0 Å². The number of benzene rings is 4. The van der Waals surface area contributed by atoms with E-state index in [1.807, 2.05) is 48.5 Å². The van der Waals surface area contributed by atoms with Crippen molar-refractivity contribution in [3.63, 3.8) is 0 Å². The molecule has 0 unspecified atom stereocenters. The first kappa shape index (κ1) is 15.4. The molecule has 4 aromatic rings. The number of fused-ring (bicyclic) bond motifs is 3. The number of para-hydroxylation sites is 2. The van der Waals surface area contributed by atoms with Gasteiger partial charge in [-0.2, -0.15) is 0 Å². The van der Waals surface area contributed by atoms with Gasteiger partial charge in [-0.15, -0.1) is 6.42 Å². The number of terminal acetylenes is 1. The Labute approximate surface area is 157 Å². The van der Waals surface area contributed by atoms with Crippen LogP contribution in [0.25, 0.3) is 21.5 Å². The summed E-state index contributed by atoms with van der Waals surface area (Å²) in [5.74, 6) is 10.5. The predicted molar refractivity (Wildman–Crippen MR) is 110 cm³/mol. The average molecular weight is 344 g/mol. The first-order valence-corrected chi connectivity index (χ1v) is 8.68. The normalized spacial score (nSPS) is 11.9. The van der Waals surface area contributed by atoms with Gasteiger partial charge in [0.05, 0.1) is 0 Å². The molecule has 124 valence electrons. The Morgan fingerprint density at radius 2 is 1.33 bits per heavy atom. The number of hydrogen-bond acceptors (Lipinski definition) is 2. The highest BCUT2D eigenvalue weighted by Gasteiger charge is 2.29. The van der Waals surface area contributed by atoms with Crippen LogP contribution in [0.5, 0.6) is 11.5 Å². The lowest BCUT2D eigenvalue weighted by Crippen LogP contribution is -2.22. The average Bonchev–Trinajstić information content (AvgIpc) is 3.13. The molecular formula is C24H13BO2. The summed E-state index contributed by atoms with van der Waals surface area (Å²) in [4.78, 5) is 0.